The van der Waals surface area contributed by atoms with E-state index in [9.17, 15) is 14.4 Å². The number of aliphatic carboxylic acids is 1. The van der Waals surface area contributed by atoms with E-state index in [1.54, 1.807) is 11.8 Å². The van der Waals surface area contributed by atoms with Gasteiger partial charge in [-0.1, -0.05) is 48.5 Å². The number of alkyl carbamates (subject to hydrolysis) is 1. The summed E-state index contributed by atoms with van der Waals surface area (Å²) >= 11 is 0. The molecule has 8 heteroatoms. The minimum atomic E-state index is -0.970. The van der Waals surface area contributed by atoms with E-state index in [0.29, 0.717) is 6.42 Å². The predicted octanol–water partition coefficient (Wildman–Crippen LogP) is 4.03. The number of amides is 2. The van der Waals surface area contributed by atoms with Crippen LogP contribution in [0.1, 0.15) is 50.7 Å². The summed E-state index contributed by atoms with van der Waals surface area (Å²) in [5.41, 5.74) is 4.46. The third-order valence-corrected chi connectivity index (χ3v) is 6.42. The Bertz CT molecular complexity index is 1010. The maximum absolute atomic E-state index is 13.3. The van der Waals surface area contributed by atoms with Gasteiger partial charge in [0.15, 0.2) is 0 Å². The number of hydrogen-bond acceptors (Lipinski definition) is 5. The molecule has 0 saturated heterocycles. The number of carboxylic acids is 1. The van der Waals surface area contributed by atoms with Gasteiger partial charge in [0, 0.05) is 32.0 Å². The zero-order chi connectivity index (χ0) is 25.5. The average molecular weight is 483 g/mol. The fraction of sp³-hybridized carbons (Fsp3) is 0.444. The zero-order valence-corrected chi connectivity index (χ0v) is 20.7. The van der Waals surface area contributed by atoms with Crippen molar-refractivity contribution in [3.05, 3.63) is 59.7 Å². The Morgan fingerprint density at radius 2 is 1.57 bits per heavy atom. The lowest BCUT2D eigenvalue weighted by atomic mass is 9.98. The van der Waals surface area contributed by atoms with Gasteiger partial charge in [-0.2, -0.15) is 0 Å². The van der Waals surface area contributed by atoms with Crippen LogP contribution in [0.5, 0.6) is 0 Å². The molecular formula is C27H34N2O6. The Balaban J connectivity index is 1.69. The second kappa shape index (κ2) is 11.8. The highest BCUT2D eigenvalue weighted by atomic mass is 16.5. The molecule has 2 aromatic carbocycles. The molecule has 0 fully saturated rings. The van der Waals surface area contributed by atoms with E-state index in [4.69, 9.17) is 14.6 Å². The molecule has 2 amide bonds. The van der Waals surface area contributed by atoms with Crippen LogP contribution in [0.15, 0.2) is 48.5 Å². The van der Waals surface area contributed by atoms with Gasteiger partial charge >= 0.3 is 12.1 Å². The second-order valence-electron chi connectivity index (χ2n) is 9.01. The van der Waals surface area contributed by atoms with Gasteiger partial charge in [0.2, 0.25) is 5.91 Å². The number of carboxylic acid groups (broad SMARTS) is 1. The lowest BCUT2D eigenvalue weighted by Crippen LogP contribution is -2.56. The van der Waals surface area contributed by atoms with E-state index in [1.165, 1.54) is 7.11 Å². The van der Waals surface area contributed by atoms with Gasteiger partial charge in [0.1, 0.15) is 12.6 Å². The SMILES string of the molecule is CO[C@H](C)[C@H](NC(=O)OCC1c2ccccc2-c2ccccc21)C(=O)N(CCCC(=O)O)C(C)C. The van der Waals surface area contributed by atoms with Gasteiger partial charge in [0.05, 0.1) is 6.10 Å². The maximum Gasteiger partial charge on any atom is 0.407 e. The van der Waals surface area contributed by atoms with Crippen molar-refractivity contribution < 1.29 is 29.0 Å². The van der Waals surface area contributed by atoms with Gasteiger partial charge in [-0.3, -0.25) is 9.59 Å². The summed E-state index contributed by atoms with van der Waals surface area (Å²) in [5, 5.41) is 11.6. The number of fused-ring (bicyclic) bond motifs is 3. The first-order valence-corrected chi connectivity index (χ1v) is 11.9. The molecule has 0 aliphatic heterocycles. The molecular weight excluding hydrogens is 448 g/mol. The highest BCUT2D eigenvalue weighted by Gasteiger charge is 2.34. The average Bonchev–Trinajstić information content (AvgIpc) is 3.16. The van der Waals surface area contributed by atoms with Crippen LogP contribution in [0.3, 0.4) is 0 Å². The lowest BCUT2D eigenvalue weighted by molar-refractivity contribution is -0.140. The quantitative estimate of drug-likeness (QED) is 0.501. The van der Waals surface area contributed by atoms with E-state index in [1.807, 2.05) is 50.2 Å². The largest absolute Gasteiger partial charge is 0.481 e. The Kier molecular flexibility index (Phi) is 8.87. The van der Waals surface area contributed by atoms with Crippen molar-refractivity contribution in [2.75, 3.05) is 20.3 Å². The smallest absolute Gasteiger partial charge is 0.407 e. The standard InChI is InChI=1S/C27H34N2O6/c1-17(2)29(15-9-14-24(30)31)26(32)25(18(3)34-4)28-27(33)35-16-23-21-12-7-5-10-19(21)20-11-6-8-13-22(20)23/h5-8,10-13,17-18,23,25H,9,14-16H2,1-4H3,(H,28,33)(H,30,31)/t18-,25+/m1/s1. The molecule has 8 nitrogen and oxygen atoms in total. The van der Waals surface area contributed by atoms with E-state index in [-0.39, 0.29) is 37.4 Å². The molecule has 0 spiro atoms. The predicted molar refractivity (Wildman–Crippen MR) is 132 cm³/mol. The summed E-state index contributed by atoms with van der Waals surface area (Å²) in [5.74, 6) is -1.35. The normalized spacial score (nSPS) is 14.1. The van der Waals surface area contributed by atoms with Crippen molar-refractivity contribution >= 4 is 18.0 Å². The van der Waals surface area contributed by atoms with Gasteiger partial charge in [0.25, 0.3) is 0 Å². The summed E-state index contributed by atoms with van der Waals surface area (Å²) in [6, 6.07) is 15.0. The van der Waals surface area contributed by atoms with Crippen molar-refractivity contribution in [1.29, 1.82) is 0 Å². The van der Waals surface area contributed by atoms with Gasteiger partial charge in [-0.25, -0.2) is 4.79 Å². The molecule has 0 aromatic heterocycles. The first-order valence-electron chi connectivity index (χ1n) is 11.9. The van der Waals surface area contributed by atoms with Crippen molar-refractivity contribution in [3.8, 4) is 11.1 Å². The highest BCUT2D eigenvalue weighted by Crippen LogP contribution is 2.44. The summed E-state index contributed by atoms with van der Waals surface area (Å²) < 4.78 is 11.0. The Morgan fingerprint density at radius 3 is 2.09 bits per heavy atom. The van der Waals surface area contributed by atoms with Crippen LogP contribution in [-0.4, -0.2) is 66.4 Å². The minimum absolute atomic E-state index is 0.0409. The molecule has 0 radical (unpaired) electrons. The van der Waals surface area contributed by atoms with Crippen molar-refractivity contribution in [2.24, 2.45) is 0 Å². The van der Waals surface area contributed by atoms with Gasteiger partial charge in [-0.15, -0.1) is 0 Å². The summed E-state index contributed by atoms with van der Waals surface area (Å²) in [7, 11) is 1.47. The number of nitrogens with one attached hydrogen (secondary N) is 1. The van der Waals surface area contributed by atoms with Crippen LogP contribution in [-0.2, 0) is 19.1 Å². The van der Waals surface area contributed by atoms with Crippen LogP contribution in [0, 0.1) is 0 Å². The second-order valence-corrected chi connectivity index (χ2v) is 9.01. The first-order chi connectivity index (χ1) is 16.7. The molecule has 1 aliphatic carbocycles. The molecule has 1 aliphatic rings. The minimum Gasteiger partial charge on any atom is -0.481 e. The van der Waals surface area contributed by atoms with Crippen molar-refractivity contribution in [3.63, 3.8) is 0 Å². The van der Waals surface area contributed by atoms with Crippen LogP contribution in [0.4, 0.5) is 4.79 Å². The molecule has 0 unspecified atom stereocenters. The molecule has 2 aromatic rings. The molecule has 35 heavy (non-hydrogen) atoms. The fourth-order valence-corrected chi connectivity index (χ4v) is 4.49. The monoisotopic (exact) mass is 482 g/mol. The third-order valence-electron chi connectivity index (χ3n) is 6.42. The van der Waals surface area contributed by atoms with Crippen LogP contribution in [0.2, 0.25) is 0 Å². The maximum atomic E-state index is 13.3. The zero-order valence-electron chi connectivity index (χ0n) is 20.7. The molecule has 3 rings (SSSR count). The fourth-order valence-electron chi connectivity index (χ4n) is 4.49. The third kappa shape index (κ3) is 6.19. The Morgan fingerprint density at radius 1 is 1.00 bits per heavy atom. The molecule has 0 bridgehead atoms. The Labute approximate surface area is 206 Å². The first kappa shape index (κ1) is 26.2. The van der Waals surface area contributed by atoms with E-state index in [0.717, 1.165) is 22.3 Å². The number of nitrogens with zero attached hydrogens (tertiary/aromatic N) is 1. The van der Waals surface area contributed by atoms with E-state index >= 15 is 0 Å². The Hall–Kier alpha value is -3.39. The summed E-state index contributed by atoms with van der Waals surface area (Å²) in [6.45, 7) is 5.79. The lowest BCUT2D eigenvalue weighted by Gasteiger charge is -2.33. The van der Waals surface area contributed by atoms with E-state index in [2.05, 4.69) is 17.4 Å². The number of hydrogen-bond donors (Lipinski definition) is 2. The number of benzene rings is 2. The van der Waals surface area contributed by atoms with Crippen LogP contribution in [0.25, 0.3) is 11.1 Å². The number of ether oxygens (including phenoxy) is 2. The van der Waals surface area contributed by atoms with Crippen LogP contribution < -0.4 is 5.32 Å². The van der Waals surface area contributed by atoms with Crippen molar-refractivity contribution in [1.82, 2.24) is 10.2 Å². The summed E-state index contributed by atoms with van der Waals surface area (Å²) in [6.07, 6.45) is -1.04. The number of rotatable bonds is 11. The molecule has 188 valence electrons. The molecule has 0 saturated carbocycles. The molecule has 2 atom stereocenters. The highest BCUT2D eigenvalue weighted by molar-refractivity contribution is 5.86. The van der Waals surface area contributed by atoms with E-state index < -0.39 is 24.2 Å². The summed E-state index contributed by atoms with van der Waals surface area (Å²) in [4.78, 5) is 38.6. The van der Waals surface area contributed by atoms with Crippen LogP contribution >= 0.6 is 0 Å². The molecule has 0 heterocycles. The number of carbonyl (C=O) groups is 3. The molecule has 2 N–H and O–H groups in total. The van der Waals surface area contributed by atoms with Gasteiger partial charge < -0.3 is 24.8 Å². The number of methoxy groups -OCH3 is 1. The topological polar surface area (TPSA) is 105 Å². The van der Waals surface area contributed by atoms with Crippen molar-refractivity contribution in [2.45, 2.75) is 57.7 Å². The van der Waals surface area contributed by atoms with Gasteiger partial charge in [-0.05, 0) is 49.4 Å². The number of carbonyl (C=O) groups excluding carboxylic acids is 2.